The third-order valence-corrected chi connectivity index (χ3v) is 2.90. The van der Waals surface area contributed by atoms with Gasteiger partial charge in [0, 0.05) is 18.2 Å². The van der Waals surface area contributed by atoms with Crippen molar-refractivity contribution in [3.63, 3.8) is 0 Å². The first-order valence-corrected chi connectivity index (χ1v) is 6.82. The molecule has 0 heterocycles. The lowest BCUT2D eigenvalue weighted by Crippen LogP contribution is -2.23. The largest absolute Gasteiger partial charge is 0.366 e. The summed E-state index contributed by atoms with van der Waals surface area (Å²) < 4.78 is 0. The summed E-state index contributed by atoms with van der Waals surface area (Å²) in [7, 11) is 0. The highest BCUT2D eigenvalue weighted by molar-refractivity contribution is 5.95. The number of anilines is 1. The maximum absolute atomic E-state index is 11.8. The second kappa shape index (κ2) is 7.90. The molecule has 1 unspecified atom stereocenters. The predicted molar refractivity (Wildman–Crippen MR) is 82.3 cm³/mol. The molecule has 1 rings (SSSR count). The fourth-order valence-electron chi connectivity index (χ4n) is 1.89. The van der Waals surface area contributed by atoms with Crippen molar-refractivity contribution in [3.05, 3.63) is 33.9 Å². The van der Waals surface area contributed by atoms with Crippen molar-refractivity contribution >= 4 is 17.3 Å². The van der Waals surface area contributed by atoms with Crippen LogP contribution in [0.25, 0.3) is 0 Å². The third-order valence-electron chi connectivity index (χ3n) is 2.90. The van der Waals surface area contributed by atoms with E-state index in [4.69, 9.17) is 6.42 Å². The Balaban J connectivity index is 3.12. The number of nitro benzene ring substituents is 1. The molecule has 1 amide bonds. The van der Waals surface area contributed by atoms with E-state index in [1.165, 1.54) is 18.2 Å². The summed E-state index contributed by atoms with van der Waals surface area (Å²) in [6.07, 6.45) is 6.96. The molecule has 1 atom stereocenters. The topological polar surface area (TPSA) is 84.3 Å². The Morgan fingerprint density at radius 2 is 2.19 bits per heavy atom. The molecule has 112 valence electrons. The number of carbonyl (C=O) groups excluding carboxylic acids is 1. The SMILES string of the molecule is C#CC(CCC)Nc1cc(C(=O)NCC)ccc1[N+](=O)[O-]. The van der Waals surface area contributed by atoms with E-state index in [2.05, 4.69) is 16.6 Å². The number of nitrogens with one attached hydrogen (secondary N) is 2. The Morgan fingerprint density at radius 1 is 1.48 bits per heavy atom. The van der Waals surface area contributed by atoms with E-state index in [0.29, 0.717) is 18.5 Å². The number of benzene rings is 1. The summed E-state index contributed by atoms with van der Waals surface area (Å²) in [6.45, 7) is 4.27. The number of hydrogen-bond donors (Lipinski definition) is 2. The van der Waals surface area contributed by atoms with Crippen LogP contribution in [0.2, 0.25) is 0 Å². The van der Waals surface area contributed by atoms with Crippen LogP contribution in [0.5, 0.6) is 0 Å². The predicted octanol–water partition coefficient (Wildman–Crippen LogP) is 2.56. The first kappa shape index (κ1) is 16.5. The maximum atomic E-state index is 11.8. The van der Waals surface area contributed by atoms with Crippen LogP contribution in [-0.2, 0) is 0 Å². The number of carbonyl (C=O) groups is 1. The molecule has 6 heteroatoms. The van der Waals surface area contributed by atoms with E-state index in [1.807, 2.05) is 6.92 Å². The summed E-state index contributed by atoms with van der Waals surface area (Å²) in [5.41, 5.74) is 0.525. The molecule has 0 radical (unpaired) electrons. The van der Waals surface area contributed by atoms with Crippen molar-refractivity contribution in [1.29, 1.82) is 0 Å². The smallest absolute Gasteiger partial charge is 0.292 e. The van der Waals surface area contributed by atoms with Crippen molar-refractivity contribution in [2.24, 2.45) is 0 Å². The second-order valence-electron chi connectivity index (χ2n) is 4.50. The van der Waals surface area contributed by atoms with Crippen LogP contribution in [0.1, 0.15) is 37.0 Å². The van der Waals surface area contributed by atoms with Gasteiger partial charge in [-0.15, -0.1) is 6.42 Å². The molecule has 0 fully saturated rings. The zero-order valence-corrected chi connectivity index (χ0v) is 12.2. The highest BCUT2D eigenvalue weighted by Crippen LogP contribution is 2.26. The monoisotopic (exact) mass is 289 g/mol. The molecular weight excluding hydrogens is 270 g/mol. The summed E-state index contributed by atoms with van der Waals surface area (Å²) in [6, 6.07) is 3.90. The number of amides is 1. The lowest BCUT2D eigenvalue weighted by molar-refractivity contribution is -0.384. The average molecular weight is 289 g/mol. The van der Waals surface area contributed by atoms with E-state index in [-0.39, 0.29) is 23.3 Å². The third kappa shape index (κ3) is 4.49. The van der Waals surface area contributed by atoms with Crippen molar-refractivity contribution in [3.8, 4) is 12.3 Å². The molecule has 0 saturated carbocycles. The average Bonchev–Trinajstić information content (AvgIpc) is 2.46. The van der Waals surface area contributed by atoms with E-state index in [9.17, 15) is 14.9 Å². The molecule has 6 nitrogen and oxygen atoms in total. The summed E-state index contributed by atoms with van der Waals surface area (Å²) in [5.74, 6) is 2.28. The van der Waals surface area contributed by atoms with Gasteiger partial charge in [-0.3, -0.25) is 14.9 Å². The highest BCUT2D eigenvalue weighted by Gasteiger charge is 2.18. The minimum atomic E-state index is -0.497. The molecule has 0 saturated heterocycles. The quantitative estimate of drug-likeness (QED) is 0.459. The lowest BCUT2D eigenvalue weighted by Gasteiger charge is -2.14. The van der Waals surface area contributed by atoms with Gasteiger partial charge in [-0.05, 0) is 25.5 Å². The number of hydrogen-bond acceptors (Lipinski definition) is 4. The van der Waals surface area contributed by atoms with Crippen molar-refractivity contribution in [2.45, 2.75) is 32.7 Å². The van der Waals surface area contributed by atoms with Gasteiger partial charge in [-0.1, -0.05) is 19.3 Å². The lowest BCUT2D eigenvalue weighted by atomic mass is 10.1. The van der Waals surface area contributed by atoms with E-state index >= 15 is 0 Å². The van der Waals surface area contributed by atoms with E-state index in [0.717, 1.165) is 6.42 Å². The van der Waals surface area contributed by atoms with Crippen molar-refractivity contribution in [1.82, 2.24) is 5.32 Å². The van der Waals surface area contributed by atoms with Crippen LogP contribution in [0.3, 0.4) is 0 Å². The minimum absolute atomic E-state index is 0.0978. The molecule has 2 N–H and O–H groups in total. The van der Waals surface area contributed by atoms with Gasteiger partial charge < -0.3 is 10.6 Å². The van der Waals surface area contributed by atoms with Gasteiger partial charge in [0.15, 0.2) is 0 Å². The van der Waals surface area contributed by atoms with Crippen LogP contribution in [-0.4, -0.2) is 23.4 Å². The molecule has 0 aliphatic rings. The summed E-state index contributed by atoms with van der Waals surface area (Å²) in [4.78, 5) is 22.4. The van der Waals surface area contributed by atoms with Gasteiger partial charge in [0.2, 0.25) is 0 Å². The van der Waals surface area contributed by atoms with Gasteiger partial charge in [-0.2, -0.15) is 0 Å². The number of rotatable bonds is 7. The maximum Gasteiger partial charge on any atom is 0.292 e. The molecule has 0 aliphatic carbocycles. The Kier molecular flexibility index (Phi) is 6.21. The van der Waals surface area contributed by atoms with Crippen LogP contribution < -0.4 is 10.6 Å². The molecule has 0 bridgehead atoms. The molecule has 21 heavy (non-hydrogen) atoms. The fraction of sp³-hybridized carbons (Fsp3) is 0.400. The number of terminal acetylenes is 1. The molecule has 0 aromatic heterocycles. The Labute approximate surface area is 124 Å². The van der Waals surface area contributed by atoms with Crippen molar-refractivity contribution < 1.29 is 9.72 Å². The van der Waals surface area contributed by atoms with Gasteiger partial charge in [0.05, 0.1) is 11.0 Å². The van der Waals surface area contributed by atoms with Crippen molar-refractivity contribution in [2.75, 3.05) is 11.9 Å². The zero-order valence-electron chi connectivity index (χ0n) is 12.2. The molecular formula is C15H19N3O3. The number of nitrogens with zero attached hydrogens (tertiary/aromatic N) is 1. The van der Waals surface area contributed by atoms with Gasteiger partial charge >= 0.3 is 0 Å². The van der Waals surface area contributed by atoms with Gasteiger partial charge in [-0.25, -0.2) is 0 Å². The minimum Gasteiger partial charge on any atom is -0.366 e. The first-order chi connectivity index (χ1) is 10.0. The van der Waals surface area contributed by atoms with Gasteiger partial charge in [0.25, 0.3) is 11.6 Å². The van der Waals surface area contributed by atoms with Crippen LogP contribution in [0.4, 0.5) is 11.4 Å². The van der Waals surface area contributed by atoms with Crippen LogP contribution in [0, 0.1) is 22.5 Å². The zero-order chi connectivity index (χ0) is 15.8. The van der Waals surface area contributed by atoms with Crippen LogP contribution >= 0.6 is 0 Å². The van der Waals surface area contributed by atoms with Crippen LogP contribution in [0.15, 0.2) is 18.2 Å². The Hall–Kier alpha value is -2.55. The summed E-state index contributed by atoms with van der Waals surface area (Å²) >= 11 is 0. The van der Waals surface area contributed by atoms with E-state index in [1.54, 1.807) is 6.92 Å². The fourth-order valence-corrected chi connectivity index (χ4v) is 1.89. The molecule has 0 aliphatic heterocycles. The van der Waals surface area contributed by atoms with Gasteiger partial charge in [0.1, 0.15) is 5.69 Å². The molecule has 0 spiro atoms. The highest BCUT2D eigenvalue weighted by atomic mass is 16.6. The van der Waals surface area contributed by atoms with E-state index < -0.39 is 4.92 Å². The number of nitro groups is 1. The normalized spacial score (nSPS) is 11.3. The second-order valence-corrected chi connectivity index (χ2v) is 4.50. The first-order valence-electron chi connectivity index (χ1n) is 6.82. The molecule has 1 aromatic rings. The Morgan fingerprint density at radius 3 is 2.71 bits per heavy atom. The molecule has 1 aromatic carbocycles. The summed E-state index contributed by atoms with van der Waals surface area (Å²) in [5, 5.41) is 16.7. The standard InChI is InChI=1S/C15H19N3O3/c1-4-7-12(5-2)17-13-10-11(15(19)16-6-3)8-9-14(13)18(20)21/h2,8-10,12,17H,4,6-7H2,1,3H3,(H,16,19). The Bertz CT molecular complexity index is 564.